The van der Waals surface area contributed by atoms with Crippen molar-refractivity contribution in [1.82, 2.24) is 0 Å². The summed E-state index contributed by atoms with van der Waals surface area (Å²) in [5.41, 5.74) is 14.0. The van der Waals surface area contributed by atoms with Crippen LogP contribution in [0.25, 0.3) is 5.57 Å². The molecule has 0 aliphatic carbocycles. The highest BCUT2D eigenvalue weighted by molar-refractivity contribution is 5.77. The van der Waals surface area contributed by atoms with E-state index < -0.39 is 5.67 Å². The molecule has 0 heterocycles. The van der Waals surface area contributed by atoms with Crippen LogP contribution in [0, 0.1) is 37.5 Å². The Morgan fingerprint density at radius 2 is 1.43 bits per heavy atom. The maximum absolute atomic E-state index is 15.2. The van der Waals surface area contributed by atoms with Crippen molar-refractivity contribution in [1.29, 1.82) is 0 Å². The van der Waals surface area contributed by atoms with Gasteiger partial charge in [0.2, 0.25) is 0 Å². The highest BCUT2D eigenvalue weighted by Gasteiger charge is 2.26. The van der Waals surface area contributed by atoms with Crippen LogP contribution in [-0.4, -0.2) is 0 Å². The Morgan fingerprint density at radius 1 is 0.839 bits per heavy atom. The van der Waals surface area contributed by atoms with Gasteiger partial charge in [0.05, 0.1) is 0 Å². The molecule has 0 radical (unpaired) electrons. The molecule has 0 saturated heterocycles. The number of rotatable bonds is 18. The van der Waals surface area contributed by atoms with Gasteiger partial charge in [-0.3, -0.25) is 0 Å². The van der Waals surface area contributed by atoms with Gasteiger partial charge in [0.1, 0.15) is 5.67 Å². The molecular weight excluding hydrogens is 680 g/mol. The van der Waals surface area contributed by atoms with Crippen molar-refractivity contribution in [3.05, 3.63) is 148 Å². The molecule has 0 fully saturated rings. The van der Waals surface area contributed by atoms with E-state index in [-0.39, 0.29) is 5.41 Å². The summed E-state index contributed by atoms with van der Waals surface area (Å²) < 4.78 is 15.2. The summed E-state index contributed by atoms with van der Waals surface area (Å²) in [7, 11) is 0. The lowest BCUT2D eigenvalue weighted by atomic mass is 9.75. The van der Waals surface area contributed by atoms with E-state index in [1.807, 2.05) is 32.9 Å². The second kappa shape index (κ2) is 24.4. The fraction of sp³-hybridized carbons (Fsp3) is 0.527. The number of hydrogen-bond acceptors (Lipinski definition) is 0. The third-order valence-corrected chi connectivity index (χ3v) is 11.0. The molecule has 0 aliphatic rings. The maximum atomic E-state index is 15.2. The van der Waals surface area contributed by atoms with Gasteiger partial charge in [-0.05, 0) is 165 Å². The number of unbranched alkanes of at least 4 members (excludes halogenated alkanes) is 1. The van der Waals surface area contributed by atoms with Gasteiger partial charge in [0.25, 0.3) is 0 Å². The maximum Gasteiger partial charge on any atom is 0.130 e. The molecule has 0 amide bonds. The molecule has 2 aromatic rings. The second-order valence-corrected chi connectivity index (χ2v) is 18.0. The van der Waals surface area contributed by atoms with E-state index in [1.165, 1.54) is 27.8 Å². The predicted octanol–water partition coefficient (Wildman–Crippen LogP) is 17.8. The monoisotopic (exact) mass is 765 g/mol. The van der Waals surface area contributed by atoms with Crippen LogP contribution in [0.3, 0.4) is 0 Å². The number of allylic oxidation sites excluding steroid dienone is 10. The average molecular weight is 765 g/mol. The first kappa shape index (κ1) is 52.5. The zero-order valence-electron chi connectivity index (χ0n) is 39.6. The van der Waals surface area contributed by atoms with Gasteiger partial charge in [0, 0.05) is 0 Å². The Labute approximate surface area is 348 Å². The lowest BCUT2D eigenvalue weighted by Crippen LogP contribution is -2.19. The van der Waals surface area contributed by atoms with E-state index >= 15 is 4.39 Å². The van der Waals surface area contributed by atoms with Gasteiger partial charge in [-0.25, -0.2) is 4.39 Å². The molecule has 2 rings (SSSR count). The molecule has 0 nitrogen and oxygen atoms in total. The molecule has 0 N–H and O–H groups in total. The summed E-state index contributed by atoms with van der Waals surface area (Å²) in [5, 5.41) is 0. The highest BCUT2D eigenvalue weighted by Crippen LogP contribution is 2.38. The molecule has 1 unspecified atom stereocenters. The zero-order chi connectivity index (χ0) is 43.6. The van der Waals surface area contributed by atoms with E-state index in [4.69, 9.17) is 0 Å². The van der Waals surface area contributed by atoms with Crippen molar-refractivity contribution < 1.29 is 4.39 Å². The van der Waals surface area contributed by atoms with Crippen LogP contribution in [0.15, 0.2) is 109 Å². The van der Waals surface area contributed by atoms with Crippen molar-refractivity contribution >= 4 is 5.57 Å². The first-order valence-corrected chi connectivity index (χ1v) is 21.6. The Hall–Kier alpha value is -3.45. The van der Waals surface area contributed by atoms with Crippen LogP contribution in [0.1, 0.15) is 174 Å². The Balaban J connectivity index is 0.00000240. The standard InChI is InChI=1S/C44H61F.C9H18.C2H6/c1-15-18-25-44(14,28-39-22-20-33(8)35(10)36(39)11)29-42(30(4)5)34(9)26-38-23-24-40(43(12,13)45)27-41(38)37(17-3)21-19-32(7)31(6)16-2;1-6-8(2)7-9(3,4)5;1-2/h17,19-24,27,29,31H,4,7,9,15-16,18,25-26,28H2,1-3,5-6,8,10-14H3;2,6-7H2,1,3-5H3;1-2H3/b21-19-,37-17+,42-29+;;/t31?,44-;;/m0../s1. The van der Waals surface area contributed by atoms with Crippen LogP contribution >= 0.6 is 0 Å². The van der Waals surface area contributed by atoms with E-state index in [1.54, 1.807) is 13.8 Å². The van der Waals surface area contributed by atoms with Crippen LogP contribution in [0.5, 0.6) is 0 Å². The number of alkyl halides is 1. The Morgan fingerprint density at radius 3 is 1.89 bits per heavy atom. The van der Waals surface area contributed by atoms with Crippen LogP contribution < -0.4 is 0 Å². The molecule has 2 aromatic carbocycles. The number of halogens is 1. The summed E-state index contributed by atoms with van der Waals surface area (Å²) in [6.45, 7) is 53.3. The quantitative estimate of drug-likeness (QED) is 0.105. The van der Waals surface area contributed by atoms with Crippen LogP contribution in [0.4, 0.5) is 4.39 Å². The molecule has 0 saturated carbocycles. The highest BCUT2D eigenvalue weighted by atomic mass is 19.1. The summed E-state index contributed by atoms with van der Waals surface area (Å²) >= 11 is 0. The first-order valence-electron chi connectivity index (χ1n) is 21.6. The average Bonchev–Trinajstić information content (AvgIpc) is 3.13. The molecule has 2 atom stereocenters. The largest absolute Gasteiger partial charge is 0.239 e. The van der Waals surface area contributed by atoms with Gasteiger partial charge in [-0.15, -0.1) is 0 Å². The van der Waals surface area contributed by atoms with Gasteiger partial charge in [-0.1, -0.05) is 174 Å². The lowest BCUT2D eigenvalue weighted by Gasteiger charge is -2.30. The van der Waals surface area contributed by atoms with Gasteiger partial charge < -0.3 is 0 Å². The summed E-state index contributed by atoms with van der Waals surface area (Å²) in [5.74, 6) is 0.410. The Kier molecular flexibility index (Phi) is 22.9. The summed E-state index contributed by atoms with van der Waals surface area (Å²) in [4.78, 5) is 0. The molecule has 0 aromatic heterocycles. The summed E-state index contributed by atoms with van der Waals surface area (Å²) in [6.07, 6.45) is 17.2. The third-order valence-electron chi connectivity index (χ3n) is 11.0. The van der Waals surface area contributed by atoms with E-state index in [9.17, 15) is 0 Å². The number of hydrogen-bond donors (Lipinski definition) is 0. The van der Waals surface area contributed by atoms with Gasteiger partial charge >= 0.3 is 0 Å². The first-order chi connectivity index (χ1) is 25.9. The molecule has 0 spiro atoms. The predicted molar refractivity (Wildman–Crippen MR) is 255 cm³/mol. The zero-order valence-corrected chi connectivity index (χ0v) is 39.6. The van der Waals surface area contributed by atoms with Gasteiger partial charge in [0.15, 0.2) is 0 Å². The molecular formula is C55H85F. The van der Waals surface area contributed by atoms with E-state index in [2.05, 4.69) is 152 Å². The second-order valence-electron chi connectivity index (χ2n) is 18.0. The number of benzene rings is 2. The van der Waals surface area contributed by atoms with Crippen molar-refractivity contribution in [3.63, 3.8) is 0 Å². The van der Waals surface area contributed by atoms with E-state index in [0.29, 0.717) is 23.3 Å². The minimum Gasteiger partial charge on any atom is -0.239 e. The topological polar surface area (TPSA) is 0 Å². The molecule has 1 heteroatoms. The molecule has 0 bridgehead atoms. The normalized spacial score (nSPS) is 13.9. The third kappa shape index (κ3) is 17.8. The van der Waals surface area contributed by atoms with Crippen LogP contribution in [-0.2, 0) is 18.5 Å². The van der Waals surface area contributed by atoms with Crippen molar-refractivity contribution in [2.75, 3.05) is 0 Å². The fourth-order valence-electron chi connectivity index (χ4n) is 6.84. The summed E-state index contributed by atoms with van der Waals surface area (Å²) in [6, 6.07) is 10.6. The molecule has 0 aliphatic heterocycles. The lowest BCUT2D eigenvalue weighted by molar-refractivity contribution is 0.221. The molecule has 56 heavy (non-hydrogen) atoms. The van der Waals surface area contributed by atoms with Crippen molar-refractivity contribution in [2.45, 2.75) is 175 Å². The van der Waals surface area contributed by atoms with Crippen molar-refractivity contribution in [3.8, 4) is 0 Å². The SMILES string of the molecule is C=C(C)/C(=C\[C@@](C)(CCCC)Cc1ccc(C)c(C)c1C)C(=C)Cc1ccc(C(C)(C)F)cc1C(/C=C\C(=C)C(C)CC)=C/C.C=C(CC)CC(C)(C)C.CC. The minimum absolute atomic E-state index is 0.0435. The molecule has 312 valence electrons. The van der Waals surface area contributed by atoms with Crippen LogP contribution in [0.2, 0.25) is 0 Å². The van der Waals surface area contributed by atoms with E-state index in [0.717, 1.165) is 83.9 Å². The minimum atomic E-state index is -1.44. The van der Waals surface area contributed by atoms with Crippen molar-refractivity contribution in [2.24, 2.45) is 16.7 Å². The Bertz CT molecular complexity index is 1690. The smallest absolute Gasteiger partial charge is 0.130 e. The fourth-order valence-corrected chi connectivity index (χ4v) is 6.84. The number of aryl methyl sites for hydroxylation is 1. The van der Waals surface area contributed by atoms with Gasteiger partial charge in [-0.2, -0.15) is 0 Å².